The molecule has 0 aliphatic rings. The van der Waals surface area contributed by atoms with Crippen molar-refractivity contribution in [3.63, 3.8) is 0 Å². The van der Waals surface area contributed by atoms with E-state index in [0.717, 1.165) is 0 Å². The molecular formula is C20H16FN3O3S. The minimum Gasteiger partial charge on any atom is -0.495 e. The van der Waals surface area contributed by atoms with Crippen LogP contribution in [0.4, 0.5) is 10.1 Å². The predicted molar refractivity (Wildman–Crippen MR) is 108 cm³/mol. The van der Waals surface area contributed by atoms with Gasteiger partial charge >= 0.3 is 0 Å². The first-order chi connectivity index (χ1) is 13.5. The van der Waals surface area contributed by atoms with Gasteiger partial charge < -0.3 is 10.1 Å². The van der Waals surface area contributed by atoms with Crippen LogP contribution in [0.2, 0.25) is 0 Å². The lowest BCUT2D eigenvalue weighted by molar-refractivity contribution is -0.116. The summed E-state index contributed by atoms with van der Waals surface area (Å²) in [6, 6.07) is 11.7. The Balaban J connectivity index is 1.73. The molecule has 28 heavy (non-hydrogen) atoms. The summed E-state index contributed by atoms with van der Waals surface area (Å²) in [5, 5.41) is 3.08. The molecule has 1 N–H and O–H groups in total. The maximum atomic E-state index is 14.2. The summed E-state index contributed by atoms with van der Waals surface area (Å²) in [6.07, 6.45) is 0. The number of amides is 1. The molecule has 0 spiro atoms. The summed E-state index contributed by atoms with van der Waals surface area (Å²) >= 11 is 1.17. The number of aryl methyl sites for hydroxylation is 1. The molecule has 2 aromatic carbocycles. The summed E-state index contributed by atoms with van der Waals surface area (Å²) in [5.74, 6) is 0.0639. The van der Waals surface area contributed by atoms with Crippen LogP contribution in [0.3, 0.4) is 0 Å². The summed E-state index contributed by atoms with van der Waals surface area (Å²) < 4.78 is 21.7. The van der Waals surface area contributed by atoms with E-state index in [0.29, 0.717) is 37.6 Å². The van der Waals surface area contributed by atoms with E-state index >= 15 is 0 Å². The first-order valence-electron chi connectivity index (χ1n) is 8.50. The van der Waals surface area contributed by atoms with Gasteiger partial charge in [0.05, 0.1) is 23.7 Å². The van der Waals surface area contributed by atoms with Crippen molar-refractivity contribution in [2.75, 3.05) is 12.4 Å². The Morgan fingerprint density at radius 3 is 2.82 bits per heavy atom. The minimum absolute atomic E-state index is 0.206. The first kappa shape index (κ1) is 18.1. The zero-order chi connectivity index (χ0) is 19.8. The molecule has 142 valence electrons. The lowest BCUT2D eigenvalue weighted by Gasteiger charge is -2.12. The Morgan fingerprint density at radius 1 is 1.25 bits per heavy atom. The van der Waals surface area contributed by atoms with E-state index in [4.69, 9.17) is 4.74 Å². The van der Waals surface area contributed by atoms with Gasteiger partial charge in [0, 0.05) is 4.70 Å². The predicted octanol–water partition coefficient (Wildman–Crippen LogP) is 3.71. The topological polar surface area (TPSA) is 73.2 Å². The number of carbonyl (C=O) groups excluding carboxylic acids is 1. The molecule has 0 unspecified atom stereocenters. The summed E-state index contributed by atoms with van der Waals surface area (Å²) in [7, 11) is 1.51. The number of rotatable bonds is 4. The number of benzene rings is 2. The van der Waals surface area contributed by atoms with Gasteiger partial charge in [-0.15, -0.1) is 11.3 Å². The third-order valence-corrected chi connectivity index (χ3v) is 5.56. The molecule has 1 amide bonds. The number of halogens is 1. The second kappa shape index (κ2) is 7.05. The quantitative estimate of drug-likeness (QED) is 0.570. The van der Waals surface area contributed by atoms with E-state index in [9.17, 15) is 14.0 Å². The number of para-hydroxylation sites is 2. The smallest absolute Gasteiger partial charge is 0.272 e. The Labute approximate surface area is 163 Å². The van der Waals surface area contributed by atoms with E-state index in [1.54, 1.807) is 43.3 Å². The van der Waals surface area contributed by atoms with Gasteiger partial charge in [0.15, 0.2) is 0 Å². The van der Waals surface area contributed by atoms with Crippen LogP contribution >= 0.6 is 11.3 Å². The van der Waals surface area contributed by atoms with Gasteiger partial charge in [-0.3, -0.25) is 14.2 Å². The highest BCUT2D eigenvalue weighted by molar-refractivity contribution is 7.25. The highest BCUT2D eigenvalue weighted by Gasteiger charge is 2.18. The number of methoxy groups -OCH3 is 1. The van der Waals surface area contributed by atoms with E-state index in [1.165, 1.54) is 29.1 Å². The molecule has 0 aliphatic heterocycles. The second-order valence-corrected chi connectivity index (χ2v) is 7.24. The Hall–Kier alpha value is -3.26. The van der Waals surface area contributed by atoms with Crippen molar-refractivity contribution in [2.45, 2.75) is 13.5 Å². The lowest BCUT2D eigenvalue weighted by Crippen LogP contribution is -2.29. The molecule has 0 fully saturated rings. The van der Waals surface area contributed by atoms with Crippen molar-refractivity contribution in [3.8, 4) is 5.75 Å². The maximum absolute atomic E-state index is 14.2. The van der Waals surface area contributed by atoms with E-state index in [1.807, 2.05) is 0 Å². The van der Waals surface area contributed by atoms with Gasteiger partial charge in [0.2, 0.25) is 5.91 Å². The molecule has 0 radical (unpaired) electrons. The molecular weight excluding hydrogens is 381 g/mol. The fraction of sp³-hybridized carbons (Fsp3) is 0.150. The van der Waals surface area contributed by atoms with E-state index in [-0.39, 0.29) is 18.0 Å². The molecule has 4 rings (SSSR count). The van der Waals surface area contributed by atoms with Crippen molar-refractivity contribution < 1.29 is 13.9 Å². The number of hydrogen-bond acceptors (Lipinski definition) is 5. The van der Waals surface area contributed by atoms with Gasteiger partial charge in [-0.25, -0.2) is 9.37 Å². The fourth-order valence-corrected chi connectivity index (χ4v) is 4.21. The number of hydrogen-bond donors (Lipinski definition) is 1. The van der Waals surface area contributed by atoms with E-state index in [2.05, 4.69) is 10.3 Å². The standard InChI is InChI=1S/C20H16FN3O3S/c1-11-22-18-17-12(21)6-5-9-15(17)28-19(18)20(26)24(11)10-16(25)23-13-7-3-4-8-14(13)27-2/h3-9H,10H2,1-2H3,(H,23,25). The number of carbonyl (C=O) groups is 1. The van der Waals surface area contributed by atoms with Crippen molar-refractivity contribution in [1.29, 1.82) is 0 Å². The zero-order valence-corrected chi connectivity index (χ0v) is 16.0. The number of nitrogens with one attached hydrogen (secondary N) is 1. The second-order valence-electron chi connectivity index (χ2n) is 6.19. The average molecular weight is 397 g/mol. The first-order valence-corrected chi connectivity index (χ1v) is 9.32. The van der Waals surface area contributed by atoms with Crippen LogP contribution < -0.4 is 15.6 Å². The molecule has 0 saturated carbocycles. The molecule has 0 atom stereocenters. The summed E-state index contributed by atoms with van der Waals surface area (Å²) in [4.78, 5) is 29.9. The molecule has 0 bridgehead atoms. The number of nitrogens with zero attached hydrogens (tertiary/aromatic N) is 2. The van der Waals surface area contributed by atoms with Crippen molar-refractivity contribution in [2.24, 2.45) is 0 Å². The number of ether oxygens (including phenoxy) is 1. The number of fused-ring (bicyclic) bond motifs is 3. The lowest BCUT2D eigenvalue weighted by atomic mass is 10.2. The third kappa shape index (κ3) is 3.01. The van der Waals surface area contributed by atoms with Gasteiger partial charge in [-0.1, -0.05) is 18.2 Å². The monoisotopic (exact) mass is 397 g/mol. The minimum atomic E-state index is -0.415. The molecule has 2 heterocycles. The molecule has 0 saturated heterocycles. The fourth-order valence-electron chi connectivity index (χ4n) is 3.10. The summed E-state index contributed by atoms with van der Waals surface area (Å²) in [6.45, 7) is 1.42. The zero-order valence-electron chi connectivity index (χ0n) is 15.2. The largest absolute Gasteiger partial charge is 0.495 e. The van der Waals surface area contributed by atoms with Gasteiger partial charge in [0.1, 0.15) is 28.6 Å². The highest BCUT2D eigenvalue weighted by Crippen LogP contribution is 2.32. The van der Waals surface area contributed by atoms with Crippen LogP contribution in [0.25, 0.3) is 20.3 Å². The van der Waals surface area contributed by atoms with E-state index < -0.39 is 5.82 Å². The maximum Gasteiger partial charge on any atom is 0.272 e. The number of aromatic nitrogens is 2. The van der Waals surface area contributed by atoms with Crippen LogP contribution in [0.15, 0.2) is 47.3 Å². The van der Waals surface area contributed by atoms with Gasteiger partial charge in [-0.2, -0.15) is 0 Å². The van der Waals surface area contributed by atoms with Crippen LogP contribution in [-0.2, 0) is 11.3 Å². The Morgan fingerprint density at radius 2 is 2.04 bits per heavy atom. The van der Waals surface area contributed by atoms with Crippen LogP contribution in [-0.4, -0.2) is 22.6 Å². The van der Waals surface area contributed by atoms with Crippen molar-refractivity contribution in [1.82, 2.24) is 9.55 Å². The SMILES string of the molecule is COc1ccccc1NC(=O)Cn1c(C)nc2c(sc3cccc(F)c32)c1=O. The third-order valence-electron chi connectivity index (χ3n) is 4.43. The van der Waals surface area contributed by atoms with Crippen LogP contribution in [0, 0.1) is 12.7 Å². The highest BCUT2D eigenvalue weighted by atomic mass is 32.1. The summed E-state index contributed by atoms with van der Waals surface area (Å²) in [5.41, 5.74) is 0.485. The van der Waals surface area contributed by atoms with Crippen molar-refractivity contribution in [3.05, 3.63) is 64.5 Å². The molecule has 0 aliphatic carbocycles. The van der Waals surface area contributed by atoms with Gasteiger partial charge in [-0.05, 0) is 31.2 Å². The number of anilines is 1. The molecule has 8 heteroatoms. The average Bonchev–Trinajstić information content (AvgIpc) is 3.05. The Kier molecular flexibility index (Phi) is 4.56. The van der Waals surface area contributed by atoms with Crippen LogP contribution in [0.5, 0.6) is 5.75 Å². The molecule has 6 nitrogen and oxygen atoms in total. The Bertz CT molecular complexity index is 1280. The van der Waals surface area contributed by atoms with Crippen molar-refractivity contribution >= 4 is 43.2 Å². The van der Waals surface area contributed by atoms with Crippen LogP contribution in [0.1, 0.15) is 5.82 Å². The molecule has 4 aromatic rings. The normalized spacial score (nSPS) is 11.1. The molecule has 2 aromatic heterocycles. The van der Waals surface area contributed by atoms with Gasteiger partial charge in [0.25, 0.3) is 5.56 Å². The number of thiophene rings is 1.